The van der Waals surface area contributed by atoms with E-state index in [1.54, 1.807) is 4.57 Å². The number of nitrogens with zero attached hydrogens (tertiary/aromatic N) is 5. The Bertz CT molecular complexity index is 1640. The van der Waals surface area contributed by atoms with Crippen LogP contribution >= 0.6 is 11.6 Å². The minimum absolute atomic E-state index is 0.0719. The van der Waals surface area contributed by atoms with Gasteiger partial charge in [0.2, 0.25) is 0 Å². The van der Waals surface area contributed by atoms with Crippen LogP contribution in [0.2, 0.25) is 5.02 Å². The number of rotatable bonds is 9. The maximum absolute atomic E-state index is 14.0. The van der Waals surface area contributed by atoms with E-state index >= 15 is 0 Å². The Hall–Kier alpha value is -3.97. The van der Waals surface area contributed by atoms with Crippen molar-refractivity contribution in [1.29, 1.82) is 0 Å². The maximum Gasteiger partial charge on any atom is 0.333 e. The van der Waals surface area contributed by atoms with E-state index in [1.165, 1.54) is 0 Å². The molecule has 206 valence electrons. The minimum atomic E-state index is -0.169. The van der Waals surface area contributed by atoms with E-state index in [-0.39, 0.29) is 11.1 Å². The van der Waals surface area contributed by atoms with Gasteiger partial charge in [0, 0.05) is 17.5 Å². The molecule has 2 heterocycles. The zero-order valence-electron chi connectivity index (χ0n) is 23.5. The number of aromatic nitrogens is 6. The number of para-hydroxylation sites is 1. The second kappa shape index (κ2) is 11.6. The molecule has 0 spiro atoms. The molecule has 8 heteroatoms. The van der Waals surface area contributed by atoms with Gasteiger partial charge in [-0.3, -0.25) is 9.13 Å². The number of halogens is 1. The number of imidazole rings is 1. The number of nitrogens with one attached hydrogen (secondary N) is 1. The van der Waals surface area contributed by atoms with Gasteiger partial charge in [0.1, 0.15) is 0 Å². The molecule has 0 bridgehead atoms. The van der Waals surface area contributed by atoms with Crippen LogP contribution in [0.3, 0.4) is 0 Å². The molecule has 0 amide bonds. The quantitative estimate of drug-likeness (QED) is 0.195. The average Bonchev–Trinajstić information content (AvgIpc) is 3.58. The smallest absolute Gasteiger partial charge is 0.292 e. The summed E-state index contributed by atoms with van der Waals surface area (Å²) >= 11 is 6.73. The molecule has 5 aromatic rings. The fourth-order valence-corrected chi connectivity index (χ4v) is 5.43. The normalized spacial score (nSPS) is 11.7. The van der Waals surface area contributed by atoms with Crippen molar-refractivity contribution in [3.05, 3.63) is 105 Å². The van der Waals surface area contributed by atoms with Crippen molar-refractivity contribution < 1.29 is 0 Å². The Morgan fingerprint density at radius 3 is 2.35 bits per heavy atom. The first-order chi connectivity index (χ1) is 19.3. The van der Waals surface area contributed by atoms with E-state index in [9.17, 15) is 4.79 Å². The van der Waals surface area contributed by atoms with Crippen molar-refractivity contribution >= 4 is 11.6 Å². The fraction of sp³-hybridized carbons (Fsp3) is 0.312. The molecule has 7 nitrogen and oxygen atoms in total. The van der Waals surface area contributed by atoms with Crippen molar-refractivity contribution in [2.75, 3.05) is 0 Å². The highest BCUT2D eigenvalue weighted by Gasteiger charge is 2.24. The molecule has 0 unspecified atom stereocenters. The van der Waals surface area contributed by atoms with E-state index in [0.717, 1.165) is 64.9 Å². The number of unbranched alkanes of at least 4 members (excludes halogenated alkanes) is 2. The van der Waals surface area contributed by atoms with Gasteiger partial charge in [0.15, 0.2) is 5.82 Å². The molecule has 0 saturated carbocycles. The summed E-state index contributed by atoms with van der Waals surface area (Å²) in [4.78, 5) is 14.0. The van der Waals surface area contributed by atoms with E-state index < -0.39 is 0 Å². The summed E-state index contributed by atoms with van der Waals surface area (Å²) in [6, 6.07) is 22.2. The molecule has 0 saturated heterocycles. The minimum Gasteiger partial charge on any atom is -0.292 e. The number of benzene rings is 3. The lowest BCUT2D eigenvalue weighted by Gasteiger charge is -2.23. The molecule has 0 radical (unpaired) electrons. The van der Waals surface area contributed by atoms with Crippen LogP contribution in [-0.2, 0) is 18.4 Å². The summed E-state index contributed by atoms with van der Waals surface area (Å²) in [7, 11) is 0. The number of tetrazole rings is 1. The molecule has 40 heavy (non-hydrogen) atoms. The van der Waals surface area contributed by atoms with Crippen LogP contribution in [0.4, 0.5) is 0 Å². The van der Waals surface area contributed by atoms with Crippen LogP contribution in [0.1, 0.15) is 63.8 Å². The first-order valence-electron chi connectivity index (χ1n) is 13.8. The summed E-state index contributed by atoms with van der Waals surface area (Å²) in [6.45, 7) is 9.10. The molecule has 2 aromatic heterocycles. The predicted octanol–water partition coefficient (Wildman–Crippen LogP) is 7.22. The van der Waals surface area contributed by atoms with Crippen LogP contribution in [0, 0.1) is 0 Å². The SMILES string of the molecule is CCCCCc1cn(-c2c(Cl)cccc2C(C)(C)C)c(=O)n1Cc1ccc(-c2ccccc2-c2nnn[nH]2)cc1. The van der Waals surface area contributed by atoms with E-state index in [1.807, 2.05) is 41.1 Å². The monoisotopic (exact) mass is 554 g/mol. The Labute approximate surface area is 239 Å². The third-order valence-corrected chi connectivity index (χ3v) is 7.57. The fourth-order valence-electron chi connectivity index (χ4n) is 5.16. The summed E-state index contributed by atoms with van der Waals surface area (Å²) in [6.07, 6.45) is 6.09. The van der Waals surface area contributed by atoms with E-state index in [2.05, 4.69) is 84.7 Å². The molecule has 0 aliphatic carbocycles. The van der Waals surface area contributed by atoms with Gasteiger partial charge < -0.3 is 0 Å². The van der Waals surface area contributed by atoms with Gasteiger partial charge >= 0.3 is 5.69 Å². The molecule has 0 aliphatic heterocycles. The van der Waals surface area contributed by atoms with Crippen LogP contribution in [0.15, 0.2) is 77.7 Å². The summed E-state index contributed by atoms with van der Waals surface area (Å²) in [5.41, 5.74) is 6.66. The highest BCUT2D eigenvalue weighted by molar-refractivity contribution is 6.32. The third kappa shape index (κ3) is 5.65. The second-order valence-electron chi connectivity index (χ2n) is 11.2. The molecule has 0 fully saturated rings. The molecule has 5 rings (SSSR count). The second-order valence-corrected chi connectivity index (χ2v) is 11.6. The van der Waals surface area contributed by atoms with E-state index in [0.29, 0.717) is 17.4 Å². The topological polar surface area (TPSA) is 81.4 Å². The van der Waals surface area contributed by atoms with Crippen LogP contribution in [0.25, 0.3) is 28.2 Å². The van der Waals surface area contributed by atoms with Crippen LogP contribution < -0.4 is 5.69 Å². The predicted molar refractivity (Wildman–Crippen MR) is 161 cm³/mol. The molecule has 0 atom stereocenters. The molecular formula is C32H35ClN6O. The van der Waals surface area contributed by atoms with Crippen molar-refractivity contribution in [3.8, 4) is 28.2 Å². The highest BCUT2D eigenvalue weighted by atomic mass is 35.5. The van der Waals surface area contributed by atoms with Gasteiger partial charge in [0.25, 0.3) is 0 Å². The number of H-pyrrole nitrogens is 1. The molecule has 3 aromatic carbocycles. The summed E-state index contributed by atoms with van der Waals surface area (Å²) in [5.74, 6) is 0.624. The third-order valence-electron chi connectivity index (χ3n) is 7.27. The highest BCUT2D eigenvalue weighted by Crippen LogP contribution is 2.33. The number of hydrogen-bond donors (Lipinski definition) is 1. The standard InChI is InChI=1S/C32H35ClN6O/c1-5-6-7-11-24-21-39(29-27(32(2,3)4)14-10-15-28(29)33)31(40)38(24)20-22-16-18-23(19-17-22)25-12-8-9-13-26(25)30-34-36-37-35-30/h8-10,12-19,21H,5-7,11,20H2,1-4H3,(H,34,35,36,37). The lowest BCUT2D eigenvalue weighted by atomic mass is 9.85. The van der Waals surface area contributed by atoms with E-state index in [4.69, 9.17) is 11.6 Å². The molecule has 0 aliphatic rings. The first-order valence-corrected chi connectivity index (χ1v) is 14.2. The molecular weight excluding hydrogens is 520 g/mol. The van der Waals surface area contributed by atoms with Crippen LogP contribution in [0.5, 0.6) is 0 Å². The van der Waals surface area contributed by atoms with Gasteiger partial charge in [-0.2, -0.15) is 0 Å². The van der Waals surface area contributed by atoms with Crippen molar-refractivity contribution in [3.63, 3.8) is 0 Å². The summed E-state index contributed by atoms with van der Waals surface area (Å²) < 4.78 is 3.65. The van der Waals surface area contributed by atoms with Gasteiger partial charge in [-0.15, -0.1) is 5.10 Å². The van der Waals surface area contributed by atoms with Crippen molar-refractivity contribution in [2.24, 2.45) is 0 Å². The average molecular weight is 555 g/mol. The first kappa shape index (κ1) is 27.6. The Morgan fingerprint density at radius 2 is 1.68 bits per heavy atom. The lowest BCUT2D eigenvalue weighted by molar-refractivity contribution is 0.584. The van der Waals surface area contributed by atoms with Gasteiger partial charge in [0.05, 0.1) is 17.3 Å². The van der Waals surface area contributed by atoms with Crippen LogP contribution in [-0.4, -0.2) is 29.8 Å². The molecule has 1 N–H and O–H groups in total. The van der Waals surface area contributed by atoms with Gasteiger partial charge in [-0.25, -0.2) is 9.89 Å². The van der Waals surface area contributed by atoms with Crippen molar-refractivity contribution in [1.82, 2.24) is 29.8 Å². The van der Waals surface area contributed by atoms with Gasteiger partial charge in [-0.05, 0) is 57.0 Å². The number of aryl methyl sites for hydroxylation is 1. The number of aromatic amines is 1. The Kier molecular flexibility index (Phi) is 8.03. The van der Waals surface area contributed by atoms with Crippen molar-refractivity contribution in [2.45, 2.75) is 65.3 Å². The number of hydrogen-bond acceptors (Lipinski definition) is 4. The maximum atomic E-state index is 14.0. The summed E-state index contributed by atoms with van der Waals surface area (Å²) in [5, 5.41) is 15.0. The zero-order chi connectivity index (χ0) is 28.3. The Balaban J connectivity index is 1.52. The lowest BCUT2D eigenvalue weighted by Crippen LogP contribution is -2.27. The largest absolute Gasteiger partial charge is 0.333 e. The van der Waals surface area contributed by atoms with Gasteiger partial charge in [-0.1, -0.05) is 113 Å². The zero-order valence-corrected chi connectivity index (χ0v) is 24.2. The Morgan fingerprint density at radius 1 is 0.925 bits per heavy atom.